The van der Waals surface area contributed by atoms with Gasteiger partial charge in [0.2, 0.25) is 0 Å². The zero-order valence-electron chi connectivity index (χ0n) is 26.2. The lowest BCUT2D eigenvalue weighted by atomic mass is 9.43. The lowest BCUT2D eigenvalue weighted by molar-refractivity contribution is -0.216. The highest BCUT2D eigenvalue weighted by molar-refractivity contribution is 6.00. The number of urea groups is 1. The first kappa shape index (κ1) is 28.8. The molecule has 2 fully saturated rings. The second-order valence-corrected chi connectivity index (χ2v) is 14.2. The molecule has 0 bridgehead atoms. The standard InChI is InChI=1S/C37H43N3O4/c1-23-15-16-30-35(2,3)31(40-34(42)39-25-13-9-6-10-14-25)17-18-37(30)36(23,4)20-27-29(43-22-24-11-7-5-8-12-24)19-26-28(32(27)44-37)21-38-33(26)41/h5-14,19,23,30-31H,15-18,20-22H2,1-4H3,(H,38,41)(H2,39,40,42)/t23-,30-,31-,36+,37-/m0/s1. The zero-order valence-corrected chi connectivity index (χ0v) is 26.2. The van der Waals surface area contributed by atoms with E-state index in [1.165, 1.54) is 0 Å². The van der Waals surface area contributed by atoms with Gasteiger partial charge in [0.05, 0.1) is 5.56 Å². The molecule has 5 atom stereocenters. The molecule has 3 N–H and O–H groups in total. The molecular weight excluding hydrogens is 550 g/mol. The van der Waals surface area contributed by atoms with E-state index < -0.39 is 5.60 Å². The third-order valence-electron chi connectivity index (χ3n) is 11.6. The average Bonchev–Trinajstić information content (AvgIpc) is 3.38. The van der Waals surface area contributed by atoms with Gasteiger partial charge in [-0.25, -0.2) is 4.79 Å². The number of carbonyl (C=O) groups is 2. The van der Waals surface area contributed by atoms with Crippen LogP contribution in [0.25, 0.3) is 0 Å². The van der Waals surface area contributed by atoms with Gasteiger partial charge in [0.15, 0.2) is 0 Å². The number of amides is 3. The number of ether oxygens (including phenoxy) is 2. The highest BCUT2D eigenvalue weighted by Gasteiger charge is 2.68. The first-order valence-electron chi connectivity index (χ1n) is 16.1. The van der Waals surface area contributed by atoms with Crippen molar-refractivity contribution in [3.8, 4) is 11.5 Å². The topological polar surface area (TPSA) is 88.7 Å². The summed E-state index contributed by atoms with van der Waals surface area (Å²) in [6, 6.07) is 21.5. The molecule has 0 radical (unpaired) electrons. The fraction of sp³-hybridized carbons (Fsp3) is 0.459. The number of fused-ring (bicyclic) bond motifs is 3. The minimum absolute atomic E-state index is 0.000935. The van der Waals surface area contributed by atoms with E-state index in [0.717, 1.165) is 66.0 Å². The molecule has 3 aromatic carbocycles. The smallest absolute Gasteiger partial charge is 0.319 e. The van der Waals surface area contributed by atoms with Crippen molar-refractivity contribution < 1.29 is 19.1 Å². The summed E-state index contributed by atoms with van der Waals surface area (Å²) in [5.41, 5.74) is 3.76. The van der Waals surface area contributed by atoms with E-state index in [-0.39, 0.29) is 34.7 Å². The lowest BCUT2D eigenvalue weighted by Crippen LogP contribution is -2.72. The Hall–Kier alpha value is -4.00. The minimum atomic E-state index is -0.424. The van der Waals surface area contributed by atoms with E-state index in [2.05, 4.69) is 55.8 Å². The third kappa shape index (κ3) is 4.46. The molecule has 3 amide bonds. The first-order valence-corrected chi connectivity index (χ1v) is 16.1. The molecule has 44 heavy (non-hydrogen) atoms. The van der Waals surface area contributed by atoms with E-state index in [0.29, 0.717) is 24.6 Å². The minimum Gasteiger partial charge on any atom is -0.488 e. The van der Waals surface area contributed by atoms with Crippen molar-refractivity contribution in [2.75, 3.05) is 5.32 Å². The summed E-state index contributed by atoms with van der Waals surface area (Å²) in [4.78, 5) is 26.1. The van der Waals surface area contributed by atoms with E-state index in [9.17, 15) is 9.59 Å². The normalized spacial score (nSPS) is 29.5. The van der Waals surface area contributed by atoms with Crippen molar-refractivity contribution in [3.63, 3.8) is 0 Å². The van der Waals surface area contributed by atoms with Gasteiger partial charge in [-0.15, -0.1) is 0 Å². The Balaban J connectivity index is 1.24. The Morgan fingerprint density at radius 3 is 2.48 bits per heavy atom. The fourth-order valence-electron chi connectivity index (χ4n) is 8.93. The Labute approximate surface area is 260 Å². The highest BCUT2D eigenvalue weighted by Crippen LogP contribution is 2.67. The maximum atomic E-state index is 13.1. The molecule has 2 saturated carbocycles. The summed E-state index contributed by atoms with van der Waals surface area (Å²) in [6.45, 7) is 10.3. The summed E-state index contributed by atoms with van der Waals surface area (Å²) >= 11 is 0. The Bertz CT molecular complexity index is 1590. The second-order valence-electron chi connectivity index (χ2n) is 14.2. The Kier molecular flexibility index (Phi) is 6.91. The maximum Gasteiger partial charge on any atom is 0.319 e. The van der Waals surface area contributed by atoms with Crippen LogP contribution in [-0.4, -0.2) is 23.6 Å². The average molecular weight is 594 g/mol. The monoisotopic (exact) mass is 593 g/mol. The van der Waals surface area contributed by atoms with Gasteiger partial charge in [0.1, 0.15) is 23.7 Å². The second kappa shape index (κ2) is 10.6. The molecule has 3 aromatic rings. The number of hydrogen-bond donors (Lipinski definition) is 3. The summed E-state index contributed by atoms with van der Waals surface area (Å²) in [5, 5.41) is 9.38. The molecular formula is C37H43N3O4. The van der Waals surface area contributed by atoms with Crippen molar-refractivity contribution >= 4 is 17.6 Å². The molecule has 7 heteroatoms. The van der Waals surface area contributed by atoms with Crippen molar-refractivity contribution in [2.24, 2.45) is 22.7 Å². The third-order valence-corrected chi connectivity index (χ3v) is 11.6. The number of nitrogens with one attached hydrogen (secondary N) is 3. The quantitative estimate of drug-likeness (QED) is 0.291. The van der Waals surface area contributed by atoms with Crippen LogP contribution in [0, 0.1) is 22.7 Å². The Morgan fingerprint density at radius 2 is 1.73 bits per heavy atom. The van der Waals surface area contributed by atoms with Crippen LogP contribution in [0.15, 0.2) is 66.7 Å². The molecule has 0 saturated heterocycles. The van der Waals surface area contributed by atoms with E-state index in [1.807, 2.05) is 54.6 Å². The van der Waals surface area contributed by atoms with Gasteiger partial charge in [-0.2, -0.15) is 0 Å². The number of anilines is 1. The number of rotatable bonds is 5. The van der Waals surface area contributed by atoms with Crippen molar-refractivity contribution in [3.05, 3.63) is 89.0 Å². The van der Waals surface area contributed by atoms with Gasteiger partial charge in [-0.3, -0.25) is 4.79 Å². The van der Waals surface area contributed by atoms with Crippen LogP contribution in [0.1, 0.15) is 80.4 Å². The molecule has 2 aliphatic carbocycles. The van der Waals surface area contributed by atoms with Crippen LogP contribution in [0.3, 0.4) is 0 Å². The predicted molar refractivity (Wildman–Crippen MR) is 171 cm³/mol. The van der Waals surface area contributed by atoms with Crippen LogP contribution < -0.4 is 25.4 Å². The van der Waals surface area contributed by atoms with Gasteiger partial charge >= 0.3 is 6.03 Å². The molecule has 1 spiro atoms. The van der Waals surface area contributed by atoms with Gasteiger partial charge in [0, 0.05) is 40.7 Å². The maximum absolute atomic E-state index is 13.1. The van der Waals surface area contributed by atoms with Crippen LogP contribution in [0.2, 0.25) is 0 Å². The molecule has 2 heterocycles. The zero-order chi connectivity index (χ0) is 30.7. The SMILES string of the molecule is C[C@H]1CC[C@H]2C(C)(C)[C@@H](NC(=O)Nc3ccccc3)CC[C@]23Oc2c(c(OCc4ccccc4)cc4c2CNC4=O)C[C@]13C. The summed E-state index contributed by atoms with van der Waals surface area (Å²) in [7, 11) is 0. The number of carbonyl (C=O) groups excluding carboxylic acids is 2. The van der Waals surface area contributed by atoms with Crippen molar-refractivity contribution in [1.82, 2.24) is 10.6 Å². The number of para-hydroxylation sites is 1. The summed E-state index contributed by atoms with van der Waals surface area (Å²) in [6.07, 6.45) is 4.60. The van der Waals surface area contributed by atoms with E-state index in [4.69, 9.17) is 9.47 Å². The first-order chi connectivity index (χ1) is 21.1. The predicted octanol–water partition coefficient (Wildman–Crippen LogP) is 7.25. The van der Waals surface area contributed by atoms with E-state index in [1.54, 1.807) is 0 Å². The molecule has 7 nitrogen and oxygen atoms in total. The Morgan fingerprint density at radius 1 is 1.00 bits per heavy atom. The number of benzene rings is 3. The molecule has 7 rings (SSSR count). The fourth-order valence-corrected chi connectivity index (χ4v) is 8.93. The summed E-state index contributed by atoms with van der Waals surface area (Å²) in [5.74, 6) is 2.16. The largest absolute Gasteiger partial charge is 0.488 e. The highest BCUT2D eigenvalue weighted by atomic mass is 16.5. The molecule has 0 unspecified atom stereocenters. The summed E-state index contributed by atoms with van der Waals surface area (Å²) < 4.78 is 14.0. The van der Waals surface area contributed by atoms with Gasteiger partial charge in [0.25, 0.3) is 5.91 Å². The molecule has 230 valence electrons. The van der Waals surface area contributed by atoms with E-state index >= 15 is 0 Å². The van der Waals surface area contributed by atoms with Crippen LogP contribution in [0.5, 0.6) is 11.5 Å². The van der Waals surface area contributed by atoms with Crippen molar-refractivity contribution in [1.29, 1.82) is 0 Å². The molecule has 4 aliphatic rings. The van der Waals surface area contributed by atoms with Gasteiger partial charge < -0.3 is 25.4 Å². The van der Waals surface area contributed by atoms with Crippen LogP contribution >= 0.6 is 0 Å². The number of hydrogen-bond acceptors (Lipinski definition) is 4. The van der Waals surface area contributed by atoms with Gasteiger partial charge in [-0.05, 0) is 67.2 Å². The molecule has 0 aromatic heterocycles. The molecule has 2 aliphatic heterocycles. The van der Waals surface area contributed by atoms with Crippen LogP contribution in [0.4, 0.5) is 10.5 Å². The van der Waals surface area contributed by atoms with Gasteiger partial charge in [-0.1, -0.05) is 76.2 Å². The van der Waals surface area contributed by atoms with Crippen LogP contribution in [-0.2, 0) is 19.6 Å². The van der Waals surface area contributed by atoms with Crippen molar-refractivity contribution in [2.45, 2.75) is 84.6 Å². The lowest BCUT2D eigenvalue weighted by Gasteiger charge is -2.67.